The van der Waals surface area contributed by atoms with Crippen molar-refractivity contribution >= 4 is 5.91 Å². The van der Waals surface area contributed by atoms with Crippen LogP contribution in [0.5, 0.6) is 0 Å². The summed E-state index contributed by atoms with van der Waals surface area (Å²) in [6.07, 6.45) is 1.81. The molecule has 0 spiro atoms. The van der Waals surface area contributed by atoms with Crippen molar-refractivity contribution in [1.29, 1.82) is 21.0 Å². The van der Waals surface area contributed by atoms with Gasteiger partial charge in [0.25, 0.3) is 0 Å². The third-order valence-corrected chi connectivity index (χ3v) is 9.84. The van der Waals surface area contributed by atoms with Crippen LogP contribution in [0.3, 0.4) is 0 Å². The van der Waals surface area contributed by atoms with Gasteiger partial charge in [-0.05, 0) is 36.1 Å². The fourth-order valence-corrected chi connectivity index (χ4v) is 7.95. The molecule has 1 fully saturated rings. The van der Waals surface area contributed by atoms with Crippen LogP contribution in [0.2, 0.25) is 0 Å². The molecule has 3 atom stereocenters. The number of nitriles is 4. The summed E-state index contributed by atoms with van der Waals surface area (Å²) in [6, 6.07) is 46.0. The van der Waals surface area contributed by atoms with E-state index in [1.807, 2.05) is 117 Å². The summed E-state index contributed by atoms with van der Waals surface area (Å²) < 4.78 is 0. The maximum absolute atomic E-state index is 15.6. The van der Waals surface area contributed by atoms with Gasteiger partial charge >= 0.3 is 0 Å². The molecule has 0 aromatic heterocycles. The monoisotopic (exact) mass is 597 g/mol. The lowest BCUT2D eigenvalue weighted by atomic mass is 9.42. The van der Waals surface area contributed by atoms with Crippen LogP contribution >= 0.6 is 0 Å². The number of carbonyl (C=O) groups excluding carboxylic acids is 1. The van der Waals surface area contributed by atoms with Gasteiger partial charge in [-0.15, -0.1) is 0 Å². The molecule has 0 radical (unpaired) electrons. The summed E-state index contributed by atoms with van der Waals surface area (Å²) in [4.78, 5) is 17.4. The van der Waals surface area contributed by atoms with E-state index in [0.29, 0.717) is 22.4 Å². The highest BCUT2D eigenvalue weighted by Crippen LogP contribution is 2.68. The Bertz CT molecular complexity index is 1890. The van der Waals surface area contributed by atoms with Gasteiger partial charge < -0.3 is 4.90 Å². The van der Waals surface area contributed by atoms with E-state index < -0.39 is 34.0 Å². The van der Waals surface area contributed by atoms with Crippen molar-refractivity contribution in [2.24, 2.45) is 16.7 Å². The molecule has 0 N–H and O–H groups in total. The number of rotatable bonds is 5. The molecule has 6 rings (SSSR count). The minimum Gasteiger partial charge on any atom is -0.313 e. The first-order valence-electron chi connectivity index (χ1n) is 15.3. The fourth-order valence-electron chi connectivity index (χ4n) is 7.95. The Hall–Kier alpha value is -5.95. The van der Waals surface area contributed by atoms with Gasteiger partial charge in [0.05, 0.1) is 24.3 Å². The molecule has 1 amide bonds. The molecule has 1 heterocycles. The Morgan fingerprint density at radius 3 is 1.41 bits per heavy atom. The van der Waals surface area contributed by atoms with Gasteiger partial charge in [0.1, 0.15) is 5.41 Å². The Balaban J connectivity index is 1.86. The quantitative estimate of drug-likeness (QED) is 0.238. The lowest BCUT2D eigenvalue weighted by Crippen LogP contribution is -2.66. The Labute approximate surface area is 269 Å². The highest BCUT2D eigenvalue weighted by atomic mass is 16.2. The van der Waals surface area contributed by atoms with Crippen molar-refractivity contribution in [3.63, 3.8) is 0 Å². The summed E-state index contributed by atoms with van der Waals surface area (Å²) in [5.41, 5.74) is -2.52. The smallest absolute Gasteiger partial charge is 0.242 e. The highest BCUT2D eigenvalue weighted by Gasteiger charge is 2.73. The Morgan fingerprint density at radius 1 is 0.587 bits per heavy atom. The number of piperidine rings is 1. The molecular formula is C40H31N5O. The molecule has 0 bridgehead atoms. The number of carbonyl (C=O) groups is 1. The standard InChI is InChI=1S/C40H31N5O/c1-28(2)45-34-23-33(29-15-7-3-8-16-29)38(24-41,25-42)39(26-43,27-44)36(34)35(30-17-9-4-10-18-30)40(37(45)46,31-19-11-5-12-20-31)32-21-13-6-14-22-32/h3-23,28,33,35-36H,1-2H3/t33-,35-,36+/m1/s1. The lowest BCUT2D eigenvalue weighted by molar-refractivity contribution is -0.142. The fraction of sp³-hybridized carbons (Fsp3) is 0.225. The number of allylic oxidation sites excluding steroid dienone is 2. The van der Waals surface area contributed by atoms with Gasteiger partial charge in [-0.25, -0.2) is 0 Å². The van der Waals surface area contributed by atoms with E-state index in [-0.39, 0.29) is 11.9 Å². The van der Waals surface area contributed by atoms with E-state index in [9.17, 15) is 21.0 Å². The zero-order chi connectivity index (χ0) is 32.5. The van der Waals surface area contributed by atoms with Crippen LogP contribution in [0, 0.1) is 62.1 Å². The van der Waals surface area contributed by atoms with Gasteiger partial charge in [-0.2, -0.15) is 21.0 Å². The number of amides is 1. The number of nitrogens with zero attached hydrogens (tertiary/aromatic N) is 5. The predicted octanol–water partition coefficient (Wildman–Crippen LogP) is 7.37. The van der Waals surface area contributed by atoms with E-state index in [2.05, 4.69) is 24.3 Å². The summed E-state index contributed by atoms with van der Waals surface area (Å²) in [5.74, 6) is -3.05. The van der Waals surface area contributed by atoms with Crippen LogP contribution in [0.15, 0.2) is 133 Å². The van der Waals surface area contributed by atoms with Gasteiger partial charge in [-0.1, -0.05) is 127 Å². The van der Waals surface area contributed by atoms with Crippen LogP contribution < -0.4 is 0 Å². The highest BCUT2D eigenvalue weighted by molar-refractivity contribution is 5.97. The van der Waals surface area contributed by atoms with Crippen molar-refractivity contribution in [2.45, 2.75) is 37.1 Å². The first kappa shape index (κ1) is 30.1. The molecule has 222 valence electrons. The molecule has 6 nitrogen and oxygen atoms in total. The summed E-state index contributed by atoms with van der Waals surface area (Å²) >= 11 is 0. The second-order valence-corrected chi connectivity index (χ2v) is 12.2. The molecule has 0 unspecified atom stereocenters. The van der Waals surface area contributed by atoms with E-state index in [1.165, 1.54) is 0 Å². The van der Waals surface area contributed by atoms with Crippen LogP contribution in [0.25, 0.3) is 0 Å². The molecule has 0 saturated carbocycles. The molecule has 2 aliphatic rings. The first-order chi connectivity index (χ1) is 22.4. The number of benzene rings is 4. The number of fused-ring (bicyclic) bond motifs is 1. The van der Waals surface area contributed by atoms with Crippen molar-refractivity contribution in [3.8, 4) is 24.3 Å². The normalized spacial score (nSPS) is 22.2. The van der Waals surface area contributed by atoms with Crippen molar-refractivity contribution in [2.75, 3.05) is 0 Å². The van der Waals surface area contributed by atoms with Crippen LogP contribution in [0.1, 0.15) is 47.9 Å². The average Bonchev–Trinajstić information content (AvgIpc) is 3.11. The third kappa shape index (κ3) is 3.95. The molecular weight excluding hydrogens is 566 g/mol. The first-order valence-corrected chi connectivity index (χ1v) is 15.3. The van der Waals surface area contributed by atoms with E-state index >= 15 is 4.79 Å². The number of hydrogen-bond acceptors (Lipinski definition) is 5. The van der Waals surface area contributed by atoms with E-state index in [1.54, 1.807) is 29.2 Å². The summed E-state index contributed by atoms with van der Waals surface area (Å²) in [7, 11) is 0. The lowest BCUT2D eigenvalue weighted by Gasteiger charge is -2.59. The second-order valence-electron chi connectivity index (χ2n) is 12.2. The Morgan fingerprint density at radius 2 is 1.00 bits per heavy atom. The zero-order valence-electron chi connectivity index (χ0n) is 25.6. The summed E-state index contributed by atoms with van der Waals surface area (Å²) in [5, 5.41) is 44.7. The second kappa shape index (κ2) is 11.5. The van der Waals surface area contributed by atoms with Gasteiger partial charge in [0.2, 0.25) is 5.91 Å². The molecule has 1 saturated heterocycles. The van der Waals surface area contributed by atoms with Crippen molar-refractivity contribution in [1.82, 2.24) is 4.90 Å². The van der Waals surface area contributed by atoms with Crippen LogP contribution in [-0.4, -0.2) is 16.8 Å². The number of likely N-dealkylation sites (tertiary alicyclic amines) is 1. The molecule has 6 heteroatoms. The van der Waals surface area contributed by atoms with Gasteiger partial charge in [-0.3, -0.25) is 4.79 Å². The maximum Gasteiger partial charge on any atom is 0.242 e. The predicted molar refractivity (Wildman–Crippen MR) is 173 cm³/mol. The van der Waals surface area contributed by atoms with Crippen molar-refractivity contribution in [3.05, 3.63) is 155 Å². The van der Waals surface area contributed by atoms with Crippen molar-refractivity contribution < 1.29 is 4.79 Å². The molecule has 1 aliphatic heterocycles. The minimum absolute atomic E-state index is 0.200. The van der Waals surface area contributed by atoms with Gasteiger partial charge in [0, 0.05) is 29.5 Å². The Kier molecular flexibility index (Phi) is 7.54. The van der Waals surface area contributed by atoms with Crippen LogP contribution in [0.4, 0.5) is 0 Å². The van der Waals surface area contributed by atoms with Gasteiger partial charge in [0.15, 0.2) is 10.8 Å². The topological polar surface area (TPSA) is 115 Å². The largest absolute Gasteiger partial charge is 0.313 e. The number of hydrogen-bond donors (Lipinski definition) is 0. The zero-order valence-corrected chi connectivity index (χ0v) is 25.6. The minimum atomic E-state index is -2.19. The summed E-state index contributed by atoms with van der Waals surface area (Å²) in [6.45, 7) is 3.82. The third-order valence-electron chi connectivity index (χ3n) is 9.84. The van der Waals surface area contributed by atoms with Crippen LogP contribution in [-0.2, 0) is 10.2 Å². The SMILES string of the molecule is CC(C)N1C(=O)C(c2ccccc2)(c2ccccc2)[C@H](c2ccccc2)[C@@H]2C1=C[C@H](c1ccccc1)C(C#N)(C#N)C2(C#N)C#N. The molecule has 4 aromatic rings. The molecule has 4 aromatic carbocycles. The molecule has 1 aliphatic carbocycles. The molecule has 46 heavy (non-hydrogen) atoms. The average molecular weight is 598 g/mol. The van der Waals surface area contributed by atoms with E-state index in [4.69, 9.17) is 0 Å². The maximum atomic E-state index is 15.6. The van der Waals surface area contributed by atoms with E-state index in [0.717, 1.165) is 5.56 Å².